The van der Waals surface area contributed by atoms with E-state index in [1.165, 1.54) is 32.5 Å². The molecule has 2 fully saturated rings. The van der Waals surface area contributed by atoms with E-state index in [4.69, 9.17) is 0 Å². The molecule has 1 spiro atoms. The number of hydrogen-bond donors (Lipinski definition) is 0. The van der Waals surface area contributed by atoms with Gasteiger partial charge in [-0.1, -0.05) is 0 Å². The first-order chi connectivity index (χ1) is 5.64. The molecule has 0 aliphatic carbocycles. The molecule has 0 aromatic carbocycles. The molecule has 2 saturated heterocycles. The van der Waals surface area contributed by atoms with E-state index < -0.39 is 0 Å². The quantitative estimate of drug-likeness (QED) is 0.580. The molecule has 0 bridgehead atoms. The van der Waals surface area contributed by atoms with E-state index in [2.05, 4.69) is 30.7 Å². The Hall–Kier alpha value is -0.0800. The molecule has 0 N–H and O–H groups in total. The van der Waals surface area contributed by atoms with Crippen molar-refractivity contribution in [3.8, 4) is 0 Å². The number of likely N-dealkylation sites (tertiary alicyclic amines) is 2. The van der Waals surface area contributed by atoms with Crippen LogP contribution in [0.5, 0.6) is 0 Å². The van der Waals surface area contributed by atoms with E-state index >= 15 is 0 Å². The summed E-state index contributed by atoms with van der Waals surface area (Å²) in [5, 5.41) is 0. The van der Waals surface area contributed by atoms with Gasteiger partial charge in [-0.05, 0) is 33.7 Å². The first kappa shape index (κ1) is 8.52. The van der Waals surface area contributed by atoms with Crippen LogP contribution in [-0.2, 0) is 0 Å². The molecule has 2 rings (SSSR count). The van der Waals surface area contributed by atoms with E-state index in [1.807, 2.05) is 0 Å². The number of rotatable bonds is 1. The van der Waals surface area contributed by atoms with Crippen molar-refractivity contribution in [1.29, 1.82) is 0 Å². The molecule has 2 aliphatic rings. The van der Waals surface area contributed by atoms with Gasteiger partial charge < -0.3 is 0 Å². The number of likely N-dealkylation sites (N-methyl/N-ethyl adjacent to an activating group) is 1. The van der Waals surface area contributed by atoms with Crippen molar-refractivity contribution in [3.05, 3.63) is 0 Å². The minimum Gasteiger partial charge on any atom is -0.299 e. The zero-order valence-electron chi connectivity index (χ0n) is 8.51. The van der Waals surface area contributed by atoms with Gasteiger partial charge in [0.05, 0.1) is 0 Å². The van der Waals surface area contributed by atoms with E-state index in [-0.39, 0.29) is 0 Å². The third kappa shape index (κ3) is 1.09. The van der Waals surface area contributed by atoms with E-state index in [0.717, 1.165) is 6.04 Å². The topological polar surface area (TPSA) is 6.48 Å². The summed E-state index contributed by atoms with van der Waals surface area (Å²) in [5.74, 6) is 0. The summed E-state index contributed by atoms with van der Waals surface area (Å²) in [4.78, 5) is 5.14. The van der Waals surface area contributed by atoms with Gasteiger partial charge in [0.1, 0.15) is 0 Å². The van der Waals surface area contributed by atoms with Crippen molar-refractivity contribution >= 4 is 0 Å². The molecule has 2 nitrogen and oxygen atoms in total. The van der Waals surface area contributed by atoms with E-state index in [1.54, 1.807) is 0 Å². The molecule has 0 amide bonds. The molecular weight excluding hydrogens is 148 g/mol. The lowest BCUT2D eigenvalue weighted by Gasteiger charge is -2.49. The maximum Gasteiger partial charge on any atom is 0.0357 e. The Morgan fingerprint density at radius 1 is 1.17 bits per heavy atom. The summed E-state index contributed by atoms with van der Waals surface area (Å²) < 4.78 is 0. The number of nitrogens with zero attached hydrogens (tertiary/aromatic N) is 2. The smallest absolute Gasteiger partial charge is 0.0357 e. The van der Waals surface area contributed by atoms with Gasteiger partial charge in [-0.25, -0.2) is 0 Å². The summed E-state index contributed by atoms with van der Waals surface area (Å²) in [6, 6.07) is 0.735. The Kier molecular flexibility index (Phi) is 1.92. The average molecular weight is 168 g/mol. The summed E-state index contributed by atoms with van der Waals surface area (Å²) >= 11 is 0. The highest BCUT2D eigenvalue weighted by Gasteiger charge is 2.47. The summed E-state index contributed by atoms with van der Waals surface area (Å²) in [7, 11) is 2.27. The van der Waals surface area contributed by atoms with Gasteiger partial charge in [-0.3, -0.25) is 9.80 Å². The normalized spacial score (nSPS) is 38.0. The zero-order valence-corrected chi connectivity index (χ0v) is 8.51. The van der Waals surface area contributed by atoms with Crippen molar-refractivity contribution in [2.24, 2.45) is 0 Å². The molecule has 2 heteroatoms. The van der Waals surface area contributed by atoms with Crippen LogP contribution >= 0.6 is 0 Å². The molecule has 1 atom stereocenters. The third-order valence-corrected chi connectivity index (χ3v) is 3.81. The van der Waals surface area contributed by atoms with Crippen LogP contribution < -0.4 is 0 Å². The molecule has 0 saturated carbocycles. The second-order valence-corrected chi connectivity index (χ2v) is 4.71. The predicted molar refractivity (Wildman–Crippen MR) is 51.3 cm³/mol. The van der Waals surface area contributed by atoms with Crippen LogP contribution in [-0.4, -0.2) is 48.1 Å². The van der Waals surface area contributed by atoms with Gasteiger partial charge in [0, 0.05) is 31.2 Å². The van der Waals surface area contributed by atoms with Gasteiger partial charge >= 0.3 is 0 Å². The Morgan fingerprint density at radius 2 is 1.83 bits per heavy atom. The van der Waals surface area contributed by atoms with E-state index in [0.29, 0.717) is 5.54 Å². The fraction of sp³-hybridized carbons (Fsp3) is 1.00. The minimum atomic E-state index is 0.588. The molecule has 2 aliphatic heterocycles. The van der Waals surface area contributed by atoms with Crippen LogP contribution in [0.3, 0.4) is 0 Å². The van der Waals surface area contributed by atoms with Crippen molar-refractivity contribution < 1.29 is 0 Å². The SMILES string of the molecule is CC(C)N1CC[C@]2(CCN2C)C1. The Balaban J connectivity index is 1.97. The second kappa shape index (κ2) is 2.71. The first-order valence-electron chi connectivity index (χ1n) is 5.09. The molecular formula is C10H20N2. The molecule has 0 aromatic heterocycles. The van der Waals surface area contributed by atoms with Crippen LogP contribution in [0.25, 0.3) is 0 Å². The van der Waals surface area contributed by atoms with Gasteiger partial charge in [0.2, 0.25) is 0 Å². The lowest BCUT2D eigenvalue weighted by Crippen LogP contribution is -2.59. The standard InChI is InChI=1S/C10H20N2/c1-9(2)12-7-5-10(8-12)4-6-11(10)3/h9H,4-8H2,1-3H3/t10-/m1/s1. The Labute approximate surface area is 75.5 Å². The highest BCUT2D eigenvalue weighted by Crippen LogP contribution is 2.38. The van der Waals surface area contributed by atoms with Crippen molar-refractivity contribution in [1.82, 2.24) is 9.80 Å². The summed E-state index contributed by atoms with van der Waals surface area (Å²) in [6.07, 6.45) is 2.81. The van der Waals surface area contributed by atoms with Crippen molar-refractivity contribution in [3.63, 3.8) is 0 Å². The maximum atomic E-state index is 2.61. The molecule has 0 unspecified atom stereocenters. The fourth-order valence-electron chi connectivity index (χ4n) is 2.50. The first-order valence-corrected chi connectivity index (χ1v) is 5.09. The second-order valence-electron chi connectivity index (χ2n) is 4.71. The predicted octanol–water partition coefficient (Wildman–Crippen LogP) is 1.17. The lowest BCUT2D eigenvalue weighted by atomic mass is 9.84. The highest BCUT2D eigenvalue weighted by molar-refractivity contribution is 5.05. The van der Waals surface area contributed by atoms with Crippen LogP contribution in [0, 0.1) is 0 Å². The Morgan fingerprint density at radius 3 is 2.08 bits per heavy atom. The maximum absolute atomic E-state index is 2.61. The number of hydrogen-bond acceptors (Lipinski definition) is 2. The lowest BCUT2D eigenvalue weighted by molar-refractivity contribution is 0.0170. The van der Waals surface area contributed by atoms with Gasteiger partial charge in [-0.15, -0.1) is 0 Å². The molecule has 0 aromatic rings. The fourth-order valence-corrected chi connectivity index (χ4v) is 2.50. The molecule has 2 heterocycles. The van der Waals surface area contributed by atoms with Crippen LogP contribution in [0.1, 0.15) is 26.7 Å². The Bertz CT molecular complexity index is 179. The monoisotopic (exact) mass is 168 g/mol. The average Bonchev–Trinajstić information content (AvgIpc) is 2.48. The van der Waals surface area contributed by atoms with Gasteiger partial charge in [0.25, 0.3) is 0 Å². The summed E-state index contributed by atoms with van der Waals surface area (Å²) in [5.41, 5.74) is 0.588. The third-order valence-electron chi connectivity index (χ3n) is 3.81. The van der Waals surface area contributed by atoms with Gasteiger partial charge in [-0.2, -0.15) is 0 Å². The minimum absolute atomic E-state index is 0.588. The highest BCUT2D eigenvalue weighted by atomic mass is 15.3. The molecule has 12 heavy (non-hydrogen) atoms. The largest absolute Gasteiger partial charge is 0.299 e. The zero-order chi connectivity index (χ0) is 8.77. The van der Waals surface area contributed by atoms with Crippen LogP contribution in [0.15, 0.2) is 0 Å². The van der Waals surface area contributed by atoms with Gasteiger partial charge in [0.15, 0.2) is 0 Å². The summed E-state index contributed by atoms with van der Waals surface area (Å²) in [6.45, 7) is 8.53. The van der Waals surface area contributed by atoms with E-state index in [9.17, 15) is 0 Å². The van der Waals surface area contributed by atoms with Crippen molar-refractivity contribution in [2.75, 3.05) is 26.7 Å². The molecule has 70 valence electrons. The van der Waals surface area contributed by atoms with Crippen molar-refractivity contribution in [2.45, 2.75) is 38.3 Å². The van der Waals surface area contributed by atoms with Crippen LogP contribution in [0.2, 0.25) is 0 Å². The molecule has 0 radical (unpaired) electrons. The van der Waals surface area contributed by atoms with Crippen LogP contribution in [0.4, 0.5) is 0 Å².